The van der Waals surface area contributed by atoms with Crippen LogP contribution in [0.4, 0.5) is 19.0 Å². The maximum absolute atomic E-state index is 12.8. The lowest BCUT2D eigenvalue weighted by molar-refractivity contribution is -0.141. The van der Waals surface area contributed by atoms with E-state index in [1.165, 1.54) is 4.90 Å². The Morgan fingerprint density at radius 3 is 2.52 bits per heavy atom. The number of hydrogen-bond donors (Lipinski definition) is 1. The van der Waals surface area contributed by atoms with Crippen LogP contribution in [0.5, 0.6) is 0 Å². The van der Waals surface area contributed by atoms with Gasteiger partial charge in [0, 0.05) is 26.3 Å². The third-order valence-electron chi connectivity index (χ3n) is 3.47. The second-order valence-corrected chi connectivity index (χ2v) is 4.83. The van der Waals surface area contributed by atoms with Gasteiger partial charge in [-0.25, -0.2) is 9.78 Å². The minimum absolute atomic E-state index is 0.0900. The molecule has 0 amide bonds. The van der Waals surface area contributed by atoms with Crippen LogP contribution in [0.1, 0.15) is 28.9 Å². The lowest BCUT2D eigenvalue weighted by atomic mass is 10.1. The fourth-order valence-corrected chi connectivity index (χ4v) is 2.29. The topological polar surface area (TPSA) is 62.7 Å². The van der Waals surface area contributed by atoms with Crippen LogP contribution in [-0.4, -0.2) is 42.4 Å². The summed E-state index contributed by atoms with van der Waals surface area (Å²) in [6.45, 7) is 0.993. The molecule has 0 aromatic carbocycles. The Hall–Kier alpha value is -1.83. The maximum atomic E-state index is 12.8. The zero-order valence-electron chi connectivity index (χ0n) is 11.4. The molecule has 0 saturated carbocycles. The van der Waals surface area contributed by atoms with Crippen LogP contribution in [0.15, 0.2) is 12.1 Å². The monoisotopic (exact) mass is 304 g/mol. The molecule has 2 rings (SSSR count). The summed E-state index contributed by atoms with van der Waals surface area (Å²) in [5.74, 6) is -1.46. The van der Waals surface area contributed by atoms with Gasteiger partial charge in [0.25, 0.3) is 0 Å². The average molecular weight is 304 g/mol. The van der Waals surface area contributed by atoms with Gasteiger partial charge in [0.1, 0.15) is 17.1 Å². The summed E-state index contributed by atoms with van der Waals surface area (Å²) in [5.41, 5.74) is -1.33. The Labute approximate surface area is 119 Å². The van der Waals surface area contributed by atoms with Gasteiger partial charge in [-0.2, -0.15) is 13.2 Å². The van der Waals surface area contributed by atoms with Crippen LogP contribution >= 0.6 is 0 Å². The number of pyridine rings is 1. The number of anilines is 1. The molecule has 2 heterocycles. The number of rotatable bonds is 3. The largest absolute Gasteiger partial charge is 0.478 e. The summed E-state index contributed by atoms with van der Waals surface area (Å²) in [5, 5.41) is 9.13. The van der Waals surface area contributed by atoms with Crippen molar-refractivity contribution in [3.63, 3.8) is 0 Å². The quantitative estimate of drug-likeness (QED) is 0.929. The lowest BCUT2D eigenvalue weighted by Crippen LogP contribution is -2.38. The van der Waals surface area contributed by atoms with E-state index in [2.05, 4.69) is 4.98 Å². The molecule has 1 fully saturated rings. The van der Waals surface area contributed by atoms with Crippen LogP contribution in [0, 0.1) is 0 Å². The number of carboxylic acids is 1. The SMILES string of the molecule is CN(c1nc(C(F)(F)F)ccc1C(=O)O)C1CCOCC1. The minimum atomic E-state index is -4.61. The predicted molar refractivity (Wildman–Crippen MR) is 68.4 cm³/mol. The Morgan fingerprint density at radius 2 is 2.00 bits per heavy atom. The predicted octanol–water partition coefficient (Wildman–Crippen LogP) is 2.41. The summed E-state index contributed by atoms with van der Waals surface area (Å²) >= 11 is 0. The first-order valence-electron chi connectivity index (χ1n) is 6.43. The molecule has 1 aromatic rings. The number of ether oxygens (including phenoxy) is 1. The number of aromatic carboxylic acids is 1. The van der Waals surface area contributed by atoms with Crippen molar-refractivity contribution in [2.75, 3.05) is 25.2 Å². The second-order valence-electron chi connectivity index (χ2n) is 4.83. The number of aromatic nitrogens is 1. The fraction of sp³-hybridized carbons (Fsp3) is 0.538. The van der Waals surface area contributed by atoms with Crippen molar-refractivity contribution in [2.24, 2.45) is 0 Å². The maximum Gasteiger partial charge on any atom is 0.433 e. The molecule has 1 saturated heterocycles. The number of halogens is 3. The third kappa shape index (κ3) is 3.44. The van der Waals surface area contributed by atoms with Crippen molar-refractivity contribution >= 4 is 11.8 Å². The summed E-state index contributed by atoms with van der Waals surface area (Å²) in [6, 6.07) is 1.54. The third-order valence-corrected chi connectivity index (χ3v) is 3.47. The van der Waals surface area contributed by atoms with E-state index in [-0.39, 0.29) is 17.4 Å². The highest BCUT2D eigenvalue weighted by atomic mass is 19.4. The molecule has 1 aromatic heterocycles. The molecule has 1 N–H and O–H groups in total. The Balaban J connectivity index is 2.40. The summed E-state index contributed by atoms with van der Waals surface area (Å²) in [6.07, 6.45) is -3.37. The standard InChI is InChI=1S/C13H15F3N2O3/c1-18(8-4-6-21-7-5-8)11-9(12(19)20)2-3-10(17-11)13(14,15)16/h2-3,8H,4-7H2,1H3,(H,19,20). The summed E-state index contributed by atoms with van der Waals surface area (Å²) in [7, 11) is 1.56. The molecule has 0 bridgehead atoms. The van der Waals surface area contributed by atoms with Crippen LogP contribution in [-0.2, 0) is 10.9 Å². The van der Waals surface area contributed by atoms with Crippen molar-refractivity contribution < 1.29 is 27.8 Å². The van der Waals surface area contributed by atoms with E-state index < -0.39 is 17.8 Å². The molecule has 1 aliphatic heterocycles. The van der Waals surface area contributed by atoms with Crippen molar-refractivity contribution in [3.8, 4) is 0 Å². The molecule has 5 nitrogen and oxygen atoms in total. The lowest BCUT2D eigenvalue weighted by Gasteiger charge is -2.33. The molecule has 116 valence electrons. The van der Waals surface area contributed by atoms with Gasteiger partial charge in [-0.15, -0.1) is 0 Å². The Morgan fingerprint density at radius 1 is 1.38 bits per heavy atom. The summed E-state index contributed by atoms with van der Waals surface area (Å²) < 4.78 is 43.5. The van der Waals surface area contributed by atoms with E-state index in [0.29, 0.717) is 32.1 Å². The van der Waals surface area contributed by atoms with Gasteiger partial charge in [0.2, 0.25) is 0 Å². The fourth-order valence-electron chi connectivity index (χ4n) is 2.29. The number of alkyl halides is 3. The van der Waals surface area contributed by atoms with E-state index >= 15 is 0 Å². The highest BCUT2D eigenvalue weighted by molar-refractivity contribution is 5.93. The zero-order valence-corrected chi connectivity index (χ0v) is 11.4. The molecular formula is C13H15F3N2O3. The van der Waals surface area contributed by atoms with Gasteiger partial charge in [-0.05, 0) is 25.0 Å². The van der Waals surface area contributed by atoms with Crippen LogP contribution in [0.2, 0.25) is 0 Å². The van der Waals surface area contributed by atoms with Crippen molar-refractivity contribution in [3.05, 3.63) is 23.4 Å². The van der Waals surface area contributed by atoms with Gasteiger partial charge < -0.3 is 14.7 Å². The minimum Gasteiger partial charge on any atom is -0.478 e. The number of nitrogens with zero attached hydrogens (tertiary/aromatic N) is 2. The zero-order chi connectivity index (χ0) is 15.6. The van der Waals surface area contributed by atoms with Crippen LogP contribution in [0.3, 0.4) is 0 Å². The normalized spacial score (nSPS) is 16.8. The van der Waals surface area contributed by atoms with E-state index in [1.807, 2.05) is 0 Å². The summed E-state index contributed by atoms with van der Waals surface area (Å²) in [4.78, 5) is 16.2. The molecule has 0 unspecified atom stereocenters. The molecule has 1 aliphatic rings. The van der Waals surface area contributed by atoms with Gasteiger partial charge in [-0.3, -0.25) is 0 Å². The van der Waals surface area contributed by atoms with E-state index in [4.69, 9.17) is 9.84 Å². The van der Waals surface area contributed by atoms with E-state index in [0.717, 1.165) is 6.07 Å². The highest BCUT2D eigenvalue weighted by Crippen LogP contribution is 2.31. The highest BCUT2D eigenvalue weighted by Gasteiger charge is 2.34. The number of hydrogen-bond acceptors (Lipinski definition) is 4. The van der Waals surface area contributed by atoms with Crippen molar-refractivity contribution in [1.29, 1.82) is 0 Å². The molecular weight excluding hydrogens is 289 g/mol. The van der Waals surface area contributed by atoms with Crippen LogP contribution in [0.25, 0.3) is 0 Å². The smallest absolute Gasteiger partial charge is 0.433 e. The van der Waals surface area contributed by atoms with E-state index in [9.17, 15) is 18.0 Å². The van der Waals surface area contributed by atoms with Crippen molar-refractivity contribution in [2.45, 2.75) is 25.1 Å². The molecule has 21 heavy (non-hydrogen) atoms. The van der Waals surface area contributed by atoms with Crippen LogP contribution < -0.4 is 4.90 Å². The van der Waals surface area contributed by atoms with Gasteiger partial charge in [0.15, 0.2) is 0 Å². The number of carboxylic acid groups (broad SMARTS) is 1. The first kappa shape index (κ1) is 15.6. The molecule has 0 spiro atoms. The number of carbonyl (C=O) groups is 1. The molecule has 8 heteroatoms. The Bertz CT molecular complexity index is 528. The Kier molecular flexibility index (Phi) is 4.36. The average Bonchev–Trinajstić information content (AvgIpc) is 2.45. The van der Waals surface area contributed by atoms with E-state index in [1.54, 1.807) is 7.05 Å². The van der Waals surface area contributed by atoms with Crippen molar-refractivity contribution in [1.82, 2.24) is 4.98 Å². The first-order chi connectivity index (χ1) is 9.80. The van der Waals surface area contributed by atoms with Gasteiger partial charge >= 0.3 is 12.1 Å². The first-order valence-corrected chi connectivity index (χ1v) is 6.43. The molecule has 0 atom stereocenters. The molecule has 0 radical (unpaired) electrons. The molecule has 0 aliphatic carbocycles. The van der Waals surface area contributed by atoms with Gasteiger partial charge in [0.05, 0.1) is 0 Å². The second kappa shape index (κ2) is 5.88. The van der Waals surface area contributed by atoms with Gasteiger partial charge in [-0.1, -0.05) is 0 Å².